The number of rotatable bonds is 3. The molecule has 0 aromatic heterocycles. The van der Waals surface area contributed by atoms with Gasteiger partial charge in [0.1, 0.15) is 11.4 Å². The number of ether oxygens (including phenoxy) is 1. The average molecular weight is 323 g/mol. The third-order valence-electron chi connectivity index (χ3n) is 4.07. The van der Waals surface area contributed by atoms with Gasteiger partial charge >= 0.3 is 12.1 Å². The van der Waals surface area contributed by atoms with Gasteiger partial charge in [0.15, 0.2) is 0 Å². The smallest absolute Gasteiger partial charge is 0.412 e. The lowest BCUT2D eigenvalue weighted by atomic mass is 10.0. The van der Waals surface area contributed by atoms with Crippen molar-refractivity contribution in [2.45, 2.75) is 46.1 Å². The monoisotopic (exact) mass is 323 g/mol. The molecular weight excluding hydrogens is 301 g/mol. The molecule has 0 saturated heterocycles. The lowest BCUT2D eigenvalue weighted by Crippen LogP contribution is -2.27. The van der Waals surface area contributed by atoms with Crippen LogP contribution in [0, 0.1) is 17.2 Å². The molecule has 0 radical (unpaired) electrons. The first-order valence-corrected chi connectivity index (χ1v) is 7.46. The van der Waals surface area contributed by atoms with E-state index in [4.69, 9.17) is 4.74 Å². The number of nitrogens with one attached hydrogen (secondary N) is 1. The molecule has 1 fully saturated rings. The molecule has 1 amide bonds. The van der Waals surface area contributed by atoms with Gasteiger partial charge in [0.25, 0.3) is 0 Å². The lowest BCUT2D eigenvalue weighted by Gasteiger charge is -2.19. The maximum atomic E-state index is 14.3. The molecule has 1 aromatic rings. The van der Waals surface area contributed by atoms with E-state index < -0.39 is 34.8 Å². The number of carbonyl (C=O) groups is 2. The van der Waals surface area contributed by atoms with Crippen molar-refractivity contribution in [3.63, 3.8) is 0 Å². The molecular formula is C17H22FNO4. The zero-order valence-corrected chi connectivity index (χ0v) is 13.9. The topological polar surface area (TPSA) is 75.6 Å². The van der Waals surface area contributed by atoms with E-state index in [2.05, 4.69) is 5.32 Å². The fourth-order valence-corrected chi connectivity index (χ4v) is 2.96. The van der Waals surface area contributed by atoms with E-state index in [-0.39, 0.29) is 11.6 Å². The quantitative estimate of drug-likeness (QED) is 0.881. The molecule has 1 aromatic carbocycles. The van der Waals surface area contributed by atoms with Gasteiger partial charge in [-0.15, -0.1) is 0 Å². The summed E-state index contributed by atoms with van der Waals surface area (Å²) in [5.74, 6) is -2.41. The van der Waals surface area contributed by atoms with Crippen LogP contribution in [-0.2, 0) is 9.53 Å². The van der Waals surface area contributed by atoms with E-state index in [9.17, 15) is 19.1 Å². The first-order chi connectivity index (χ1) is 10.4. The number of hydrogen-bond donors (Lipinski definition) is 2. The summed E-state index contributed by atoms with van der Waals surface area (Å²) < 4.78 is 19.4. The zero-order chi connectivity index (χ0) is 17.6. The Balaban J connectivity index is 2.14. The van der Waals surface area contributed by atoms with Crippen LogP contribution in [0.4, 0.5) is 14.9 Å². The van der Waals surface area contributed by atoms with Gasteiger partial charge in [-0.2, -0.15) is 0 Å². The lowest BCUT2D eigenvalue weighted by molar-refractivity contribution is -0.139. The molecule has 23 heavy (non-hydrogen) atoms. The van der Waals surface area contributed by atoms with Crippen molar-refractivity contribution in [3.8, 4) is 0 Å². The third kappa shape index (κ3) is 3.63. The molecule has 2 rings (SSSR count). The summed E-state index contributed by atoms with van der Waals surface area (Å²) in [6.07, 6.45) is -0.667. The van der Waals surface area contributed by atoms with Crippen LogP contribution in [0.3, 0.4) is 0 Å². The summed E-state index contributed by atoms with van der Waals surface area (Å²) in [4.78, 5) is 22.9. The van der Waals surface area contributed by atoms with Crippen LogP contribution in [0.25, 0.3) is 0 Å². The number of amides is 1. The summed E-state index contributed by atoms with van der Waals surface area (Å²) >= 11 is 0. The second-order valence-corrected chi connectivity index (χ2v) is 7.48. The Kier molecular flexibility index (Phi) is 4.13. The second kappa shape index (κ2) is 5.51. The van der Waals surface area contributed by atoms with Crippen molar-refractivity contribution >= 4 is 17.7 Å². The van der Waals surface area contributed by atoms with Gasteiger partial charge in [-0.3, -0.25) is 10.1 Å². The summed E-state index contributed by atoms with van der Waals surface area (Å²) in [5, 5.41) is 11.7. The maximum Gasteiger partial charge on any atom is 0.412 e. The summed E-state index contributed by atoms with van der Waals surface area (Å²) in [5.41, 5.74) is -0.495. The molecule has 0 heterocycles. The number of carboxylic acid groups (broad SMARTS) is 1. The third-order valence-corrected chi connectivity index (χ3v) is 4.07. The van der Waals surface area contributed by atoms with Crippen molar-refractivity contribution in [3.05, 3.63) is 29.6 Å². The number of aliphatic carboxylic acids is 1. The number of hydrogen-bond acceptors (Lipinski definition) is 3. The molecule has 1 aliphatic carbocycles. The maximum absolute atomic E-state index is 14.3. The van der Waals surface area contributed by atoms with E-state index in [0.717, 1.165) is 0 Å². The number of benzene rings is 1. The first kappa shape index (κ1) is 17.2. The number of anilines is 1. The first-order valence-electron chi connectivity index (χ1n) is 7.46. The number of halogens is 1. The molecule has 1 aliphatic rings. The van der Waals surface area contributed by atoms with Crippen LogP contribution >= 0.6 is 0 Å². The second-order valence-electron chi connectivity index (χ2n) is 7.48. The highest BCUT2D eigenvalue weighted by Crippen LogP contribution is 2.64. The van der Waals surface area contributed by atoms with Crippen LogP contribution in [0.1, 0.15) is 46.1 Å². The zero-order valence-electron chi connectivity index (χ0n) is 13.9. The van der Waals surface area contributed by atoms with Gasteiger partial charge in [-0.1, -0.05) is 19.9 Å². The van der Waals surface area contributed by atoms with Gasteiger partial charge in [0, 0.05) is 11.6 Å². The molecule has 1 saturated carbocycles. The van der Waals surface area contributed by atoms with Crippen LogP contribution in [0.5, 0.6) is 0 Å². The number of carbonyl (C=O) groups excluding carboxylic acids is 1. The molecule has 0 spiro atoms. The summed E-state index contributed by atoms with van der Waals surface area (Å²) in [6, 6.07) is 4.26. The Bertz CT molecular complexity index is 648. The molecule has 0 bridgehead atoms. The van der Waals surface area contributed by atoms with Gasteiger partial charge in [0.2, 0.25) is 0 Å². The van der Waals surface area contributed by atoms with E-state index in [0.29, 0.717) is 5.56 Å². The van der Waals surface area contributed by atoms with E-state index >= 15 is 0 Å². The molecule has 2 atom stereocenters. The molecule has 0 aliphatic heterocycles. The standard InChI is InChI=1S/C17H22FNO4/c1-16(2,3)23-15(22)19-9-6-7-10(11(18)8-9)12-13(14(20)21)17(12,4)5/h6-8,12-13H,1-5H3,(H,19,22)(H,20,21)/t12-,13+/m0/s1. The normalized spacial score (nSPS) is 22.3. The van der Waals surface area contributed by atoms with Crippen LogP contribution in [0.15, 0.2) is 18.2 Å². The van der Waals surface area contributed by atoms with Gasteiger partial charge < -0.3 is 9.84 Å². The fourth-order valence-electron chi connectivity index (χ4n) is 2.96. The Morgan fingerprint density at radius 3 is 2.35 bits per heavy atom. The van der Waals surface area contributed by atoms with Crippen LogP contribution in [0.2, 0.25) is 0 Å². The Labute approximate surface area is 134 Å². The van der Waals surface area contributed by atoms with Crippen molar-refractivity contribution in [1.82, 2.24) is 0 Å². The minimum Gasteiger partial charge on any atom is -0.481 e. The van der Waals surface area contributed by atoms with Crippen molar-refractivity contribution in [2.75, 3.05) is 5.32 Å². The average Bonchev–Trinajstić information content (AvgIpc) is 2.89. The predicted molar refractivity (Wildman–Crippen MR) is 83.9 cm³/mol. The highest BCUT2D eigenvalue weighted by Gasteiger charge is 2.63. The van der Waals surface area contributed by atoms with Gasteiger partial charge in [-0.25, -0.2) is 9.18 Å². The highest BCUT2D eigenvalue weighted by molar-refractivity contribution is 5.85. The Hall–Kier alpha value is -2.11. The SMILES string of the molecule is CC(C)(C)OC(=O)Nc1ccc([C@H]2[C@H](C(=O)O)C2(C)C)c(F)c1. The summed E-state index contributed by atoms with van der Waals surface area (Å²) in [7, 11) is 0. The highest BCUT2D eigenvalue weighted by atomic mass is 19.1. The Morgan fingerprint density at radius 2 is 1.91 bits per heavy atom. The van der Waals surface area contributed by atoms with Crippen LogP contribution in [-0.4, -0.2) is 22.8 Å². The van der Waals surface area contributed by atoms with Gasteiger partial charge in [-0.05, 0) is 43.9 Å². The molecule has 5 nitrogen and oxygen atoms in total. The van der Waals surface area contributed by atoms with E-state index in [1.807, 2.05) is 13.8 Å². The predicted octanol–water partition coefficient (Wildman–Crippen LogP) is 4.00. The van der Waals surface area contributed by atoms with Crippen molar-refractivity contribution < 1.29 is 23.8 Å². The summed E-state index contributed by atoms with van der Waals surface area (Å²) in [6.45, 7) is 8.82. The molecule has 2 N–H and O–H groups in total. The van der Waals surface area contributed by atoms with Crippen molar-refractivity contribution in [1.29, 1.82) is 0 Å². The molecule has 0 unspecified atom stereocenters. The largest absolute Gasteiger partial charge is 0.481 e. The minimum atomic E-state index is -0.921. The van der Waals surface area contributed by atoms with E-state index in [1.54, 1.807) is 26.8 Å². The minimum absolute atomic E-state index is 0.269. The van der Waals surface area contributed by atoms with Crippen LogP contribution < -0.4 is 5.32 Å². The van der Waals surface area contributed by atoms with E-state index in [1.165, 1.54) is 12.1 Å². The Morgan fingerprint density at radius 1 is 1.30 bits per heavy atom. The molecule has 126 valence electrons. The fraction of sp³-hybridized carbons (Fsp3) is 0.529. The molecule has 6 heteroatoms. The van der Waals surface area contributed by atoms with Crippen molar-refractivity contribution in [2.24, 2.45) is 11.3 Å². The number of carboxylic acids is 1. The van der Waals surface area contributed by atoms with Gasteiger partial charge in [0.05, 0.1) is 5.92 Å².